The summed E-state index contributed by atoms with van der Waals surface area (Å²) >= 11 is 0. The van der Waals surface area contributed by atoms with Crippen molar-refractivity contribution in [3.8, 4) is 0 Å². The Hall–Kier alpha value is -1.00. The lowest BCUT2D eigenvalue weighted by molar-refractivity contribution is -0.0000223. The highest BCUT2D eigenvalue weighted by Crippen LogP contribution is 2.11. The topological polar surface area (TPSA) is 42.7 Å². The molecule has 17 heavy (non-hydrogen) atoms. The second-order valence-corrected chi connectivity index (χ2v) is 3.48. The molecule has 0 unspecified atom stereocenters. The van der Waals surface area contributed by atoms with Gasteiger partial charge in [-0.3, -0.25) is 4.90 Å². The van der Waals surface area contributed by atoms with Crippen molar-refractivity contribution < 1.29 is 26.4 Å². The maximum atomic E-state index is 11.4. The molecule has 98 valence electrons. The number of ether oxygens (including phenoxy) is 1. The van der Waals surface area contributed by atoms with Crippen LogP contribution in [0, 0.1) is 0 Å². The summed E-state index contributed by atoms with van der Waals surface area (Å²) in [6, 6.07) is 1.75. The molecule has 0 bridgehead atoms. The van der Waals surface area contributed by atoms with Crippen LogP contribution in [0.2, 0.25) is 0 Å². The van der Waals surface area contributed by atoms with E-state index in [2.05, 4.69) is 18.7 Å². The first-order valence-corrected chi connectivity index (χ1v) is 5.68. The first-order chi connectivity index (χ1) is 7.71. The summed E-state index contributed by atoms with van der Waals surface area (Å²) in [6.07, 6.45) is 1.46. The molecule has 0 amide bonds. The molecule has 0 aliphatic heterocycles. The van der Waals surface area contributed by atoms with Crippen molar-refractivity contribution in [1.29, 1.82) is 0 Å². The molecule has 5 heteroatoms. The first-order valence-electron chi connectivity index (χ1n) is 5.68. The third-order valence-electron chi connectivity index (χ3n) is 2.44. The molecule has 1 aromatic heterocycles. The molecule has 1 rings (SSSR count). The molecular weight excluding hydrogens is 242 g/mol. The lowest BCUT2D eigenvalue weighted by Crippen LogP contribution is -3.00. The number of halogens is 1. The second kappa shape index (κ2) is 8.14. The quantitative estimate of drug-likeness (QED) is 0.635. The van der Waals surface area contributed by atoms with Gasteiger partial charge in [0.05, 0.1) is 18.7 Å². The molecule has 0 aromatic carbocycles. The summed E-state index contributed by atoms with van der Waals surface area (Å²) in [4.78, 5) is 13.6. The maximum absolute atomic E-state index is 11.4. The van der Waals surface area contributed by atoms with E-state index in [0.717, 1.165) is 25.4 Å². The summed E-state index contributed by atoms with van der Waals surface area (Å²) in [7, 11) is 0. The lowest BCUT2D eigenvalue weighted by atomic mass is 10.3. The Kier molecular flexibility index (Phi) is 7.66. The summed E-state index contributed by atoms with van der Waals surface area (Å²) < 4.78 is 10.2. The number of esters is 1. The van der Waals surface area contributed by atoms with Crippen molar-refractivity contribution in [2.75, 3.05) is 19.7 Å². The average molecular weight is 261 g/mol. The van der Waals surface area contributed by atoms with Crippen molar-refractivity contribution in [1.82, 2.24) is 4.90 Å². The third-order valence-corrected chi connectivity index (χ3v) is 2.44. The first kappa shape index (κ1) is 16.0. The smallest absolute Gasteiger partial charge is 0.341 e. The monoisotopic (exact) mass is 260 g/mol. The number of rotatable bonds is 6. The van der Waals surface area contributed by atoms with Gasteiger partial charge in [0.25, 0.3) is 0 Å². The van der Waals surface area contributed by atoms with Gasteiger partial charge in [-0.25, -0.2) is 4.79 Å². The van der Waals surface area contributed by atoms with Gasteiger partial charge >= 0.3 is 5.97 Å². The van der Waals surface area contributed by atoms with Gasteiger partial charge in [-0.1, -0.05) is 13.8 Å². The van der Waals surface area contributed by atoms with Gasteiger partial charge in [0.2, 0.25) is 0 Å². The highest BCUT2D eigenvalue weighted by molar-refractivity contribution is 5.89. The number of hydrogen-bond donors (Lipinski definition) is 0. The van der Waals surface area contributed by atoms with E-state index in [4.69, 9.17) is 9.15 Å². The molecule has 1 aromatic rings. The van der Waals surface area contributed by atoms with Crippen molar-refractivity contribution in [3.63, 3.8) is 0 Å². The Bertz CT molecular complexity index is 334. The van der Waals surface area contributed by atoms with Gasteiger partial charge in [-0.05, 0) is 26.1 Å². The standard InChI is InChI=1S/C12H19NO3.ClH/c1-4-13(5-2)8-11-7-10(9-16-11)12(14)15-6-3;/h7,9H,4-6,8H2,1-3H3;1H/p-1. The normalized spacial score (nSPS) is 10.1. The molecule has 0 aliphatic rings. The van der Waals surface area contributed by atoms with E-state index in [1.54, 1.807) is 13.0 Å². The predicted molar refractivity (Wildman–Crippen MR) is 61.3 cm³/mol. The summed E-state index contributed by atoms with van der Waals surface area (Å²) in [6.45, 7) is 9.02. The zero-order valence-corrected chi connectivity index (χ0v) is 11.3. The van der Waals surface area contributed by atoms with E-state index >= 15 is 0 Å². The molecule has 0 atom stereocenters. The predicted octanol–water partition coefficient (Wildman–Crippen LogP) is -0.698. The van der Waals surface area contributed by atoms with Crippen LogP contribution in [0.4, 0.5) is 0 Å². The SMILES string of the molecule is CCOC(=O)c1coc(CN(CC)CC)c1.[Cl-]. The Balaban J connectivity index is 0.00000256. The van der Waals surface area contributed by atoms with Gasteiger partial charge in [-0.2, -0.15) is 0 Å². The Labute approximate surface area is 108 Å². The highest BCUT2D eigenvalue weighted by Gasteiger charge is 2.12. The number of nitrogens with zero attached hydrogens (tertiary/aromatic N) is 1. The fraction of sp³-hybridized carbons (Fsp3) is 0.583. The van der Waals surface area contributed by atoms with Crippen molar-refractivity contribution in [3.05, 3.63) is 23.7 Å². The molecule has 0 N–H and O–H groups in total. The van der Waals surface area contributed by atoms with Crippen molar-refractivity contribution in [2.45, 2.75) is 27.3 Å². The Morgan fingerprint density at radius 1 is 1.35 bits per heavy atom. The second-order valence-electron chi connectivity index (χ2n) is 3.48. The van der Waals surface area contributed by atoms with Crippen LogP contribution >= 0.6 is 0 Å². The molecule has 0 saturated heterocycles. The fourth-order valence-electron chi connectivity index (χ4n) is 1.45. The number of carbonyl (C=O) groups is 1. The highest BCUT2D eigenvalue weighted by atomic mass is 35.5. The molecule has 0 aliphatic carbocycles. The summed E-state index contributed by atoms with van der Waals surface area (Å²) in [5, 5.41) is 0. The van der Waals surface area contributed by atoms with E-state index in [-0.39, 0.29) is 18.4 Å². The van der Waals surface area contributed by atoms with Gasteiger partial charge in [0.15, 0.2) is 0 Å². The maximum Gasteiger partial charge on any atom is 0.341 e. The van der Waals surface area contributed by atoms with Crippen LogP contribution in [0.3, 0.4) is 0 Å². The van der Waals surface area contributed by atoms with Crippen LogP contribution in [0.15, 0.2) is 16.7 Å². The minimum absolute atomic E-state index is 0. The minimum atomic E-state index is -0.322. The van der Waals surface area contributed by atoms with E-state index in [1.165, 1.54) is 6.26 Å². The van der Waals surface area contributed by atoms with Gasteiger partial charge in [0.1, 0.15) is 12.0 Å². The van der Waals surface area contributed by atoms with Gasteiger partial charge < -0.3 is 21.6 Å². The van der Waals surface area contributed by atoms with Gasteiger partial charge in [-0.15, -0.1) is 0 Å². The van der Waals surface area contributed by atoms with Crippen LogP contribution in [0.25, 0.3) is 0 Å². The number of furan rings is 1. The number of hydrogen-bond acceptors (Lipinski definition) is 4. The number of carbonyl (C=O) groups excluding carboxylic acids is 1. The molecule has 1 heterocycles. The lowest BCUT2D eigenvalue weighted by Gasteiger charge is -2.15. The zero-order chi connectivity index (χ0) is 12.0. The van der Waals surface area contributed by atoms with Crippen LogP contribution < -0.4 is 12.4 Å². The molecule has 0 saturated carbocycles. The van der Waals surface area contributed by atoms with Crippen LogP contribution in [-0.4, -0.2) is 30.6 Å². The molecule has 0 spiro atoms. The van der Waals surface area contributed by atoms with Crippen LogP contribution in [-0.2, 0) is 11.3 Å². The van der Waals surface area contributed by atoms with Crippen molar-refractivity contribution in [2.24, 2.45) is 0 Å². The van der Waals surface area contributed by atoms with Gasteiger partial charge in [0, 0.05) is 0 Å². The van der Waals surface area contributed by atoms with Crippen molar-refractivity contribution >= 4 is 5.97 Å². The largest absolute Gasteiger partial charge is 1.00 e. The van der Waals surface area contributed by atoms with E-state index < -0.39 is 0 Å². The summed E-state index contributed by atoms with van der Waals surface area (Å²) in [5.41, 5.74) is 0.490. The van der Waals surface area contributed by atoms with Crippen LogP contribution in [0.1, 0.15) is 36.9 Å². The Morgan fingerprint density at radius 3 is 2.53 bits per heavy atom. The Morgan fingerprint density at radius 2 is 2.00 bits per heavy atom. The third kappa shape index (κ3) is 4.79. The van der Waals surface area contributed by atoms with E-state index in [0.29, 0.717) is 12.2 Å². The zero-order valence-electron chi connectivity index (χ0n) is 10.5. The van der Waals surface area contributed by atoms with E-state index in [1.807, 2.05) is 0 Å². The minimum Gasteiger partial charge on any atom is -1.00 e. The molecule has 4 nitrogen and oxygen atoms in total. The van der Waals surface area contributed by atoms with E-state index in [9.17, 15) is 4.79 Å². The van der Waals surface area contributed by atoms with Crippen LogP contribution in [0.5, 0.6) is 0 Å². The fourth-order valence-corrected chi connectivity index (χ4v) is 1.45. The molecular formula is C12H19ClNO3-. The molecule has 0 radical (unpaired) electrons. The molecule has 0 fully saturated rings. The average Bonchev–Trinajstić information content (AvgIpc) is 2.74. The summed E-state index contributed by atoms with van der Waals surface area (Å²) in [5.74, 6) is 0.476.